The fourth-order valence-corrected chi connectivity index (χ4v) is 3.47. The Hall–Kier alpha value is -1.34. The average molecular weight is 340 g/mol. The molecule has 0 spiro atoms. The molecule has 1 aromatic rings. The summed E-state index contributed by atoms with van der Waals surface area (Å²) in [6.07, 6.45) is -0.559. The summed E-state index contributed by atoms with van der Waals surface area (Å²) >= 11 is 5.81. The van der Waals surface area contributed by atoms with Gasteiger partial charge in [0.1, 0.15) is 5.75 Å². The maximum absolute atomic E-state index is 12.6. The van der Waals surface area contributed by atoms with Crippen LogP contribution in [0.15, 0.2) is 18.2 Å². The first-order valence-corrected chi connectivity index (χ1v) is 8.22. The maximum atomic E-state index is 12.6. The highest BCUT2D eigenvalue weighted by Crippen LogP contribution is 2.26. The molecule has 2 aliphatic heterocycles. The third kappa shape index (κ3) is 3.45. The summed E-state index contributed by atoms with van der Waals surface area (Å²) in [5.74, 6) is -0.394. The maximum Gasteiger partial charge on any atom is 0.257 e. The van der Waals surface area contributed by atoms with Gasteiger partial charge in [-0.1, -0.05) is 11.6 Å². The number of β-amino-alcohol motifs (C(OH)–C–C–N with tert-alkyl or cyclic N) is 1. The molecule has 2 heterocycles. The molecule has 3 rings (SSSR count). The summed E-state index contributed by atoms with van der Waals surface area (Å²) in [6.45, 7) is 4.49. The molecule has 0 aliphatic carbocycles. The number of aliphatic hydroxyl groups excluding tert-OH is 1. The van der Waals surface area contributed by atoms with Crippen LogP contribution in [0.2, 0.25) is 5.02 Å². The van der Waals surface area contributed by atoms with E-state index in [-0.39, 0.29) is 29.8 Å². The van der Waals surface area contributed by atoms with Crippen molar-refractivity contribution in [2.75, 3.05) is 46.3 Å². The van der Waals surface area contributed by atoms with Gasteiger partial charge in [-0.2, -0.15) is 0 Å². The van der Waals surface area contributed by atoms with Crippen LogP contribution in [0.1, 0.15) is 10.4 Å². The van der Waals surface area contributed by atoms with Crippen molar-refractivity contribution in [2.24, 2.45) is 0 Å². The molecule has 2 aliphatic rings. The molecule has 6 nitrogen and oxygen atoms in total. The second-order valence-electron chi connectivity index (χ2n) is 6.35. The van der Waals surface area contributed by atoms with Crippen LogP contribution in [0.5, 0.6) is 5.75 Å². The van der Waals surface area contributed by atoms with Gasteiger partial charge in [-0.15, -0.1) is 0 Å². The molecule has 1 aromatic carbocycles. The van der Waals surface area contributed by atoms with Gasteiger partial charge in [0.25, 0.3) is 5.91 Å². The van der Waals surface area contributed by atoms with Crippen molar-refractivity contribution in [3.05, 3.63) is 28.8 Å². The number of phenols is 1. The zero-order chi connectivity index (χ0) is 16.6. The molecule has 0 unspecified atom stereocenters. The molecule has 0 saturated carbocycles. The van der Waals surface area contributed by atoms with E-state index in [0.717, 1.165) is 26.2 Å². The van der Waals surface area contributed by atoms with Crippen molar-refractivity contribution in [1.82, 2.24) is 14.7 Å². The number of likely N-dealkylation sites (N-methyl/N-ethyl adjacent to an activating group) is 1. The number of benzene rings is 1. The molecular formula is C16H22ClN3O3. The average Bonchev–Trinajstić information content (AvgIpc) is 2.89. The molecule has 0 aromatic heterocycles. The number of amides is 1. The number of rotatable bonds is 2. The van der Waals surface area contributed by atoms with Crippen LogP contribution in [0.4, 0.5) is 0 Å². The first-order chi connectivity index (χ1) is 11.0. The SMILES string of the molecule is CN1CCN([C@H]2CN(C(=O)c3ccc(Cl)cc3O)C[C@@H]2O)CC1. The number of aromatic hydroxyl groups is 1. The van der Waals surface area contributed by atoms with E-state index in [4.69, 9.17) is 11.6 Å². The number of hydrogen-bond donors (Lipinski definition) is 2. The van der Waals surface area contributed by atoms with E-state index in [9.17, 15) is 15.0 Å². The number of carbonyl (C=O) groups excluding carboxylic acids is 1. The van der Waals surface area contributed by atoms with Gasteiger partial charge in [0.05, 0.1) is 17.7 Å². The van der Waals surface area contributed by atoms with Crippen molar-refractivity contribution in [3.8, 4) is 5.75 Å². The Morgan fingerprint density at radius 2 is 1.91 bits per heavy atom. The van der Waals surface area contributed by atoms with Gasteiger partial charge >= 0.3 is 0 Å². The van der Waals surface area contributed by atoms with Crippen LogP contribution >= 0.6 is 11.6 Å². The van der Waals surface area contributed by atoms with E-state index in [0.29, 0.717) is 11.6 Å². The minimum atomic E-state index is -0.559. The van der Waals surface area contributed by atoms with Gasteiger partial charge < -0.3 is 20.0 Å². The van der Waals surface area contributed by atoms with Crippen molar-refractivity contribution in [2.45, 2.75) is 12.1 Å². The van der Waals surface area contributed by atoms with Crippen LogP contribution in [-0.2, 0) is 0 Å². The Balaban J connectivity index is 1.69. The Bertz CT molecular complexity index is 590. The number of halogens is 1. The minimum absolute atomic E-state index is 0.0397. The van der Waals surface area contributed by atoms with Gasteiger partial charge in [-0.3, -0.25) is 9.69 Å². The number of hydrogen-bond acceptors (Lipinski definition) is 5. The zero-order valence-corrected chi connectivity index (χ0v) is 13.9. The monoisotopic (exact) mass is 339 g/mol. The van der Waals surface area contributed by atoms with Gasteiger partial charge in [-0.25, -0.2) is 0 Å². The molecular weight excluding hydrogens is 318 g/mol. The first-order valence-electron chi connectivity index (χ1n) is 7.84. The van der Waals surface area contributed by atoms with E-state index in [1.165, 1.54) is 12.1 Å². The highest BCUT2D eigenvalue weighted by Gasteiger charge is 2.39. The summed E-state index contributed by atoms with van der Waals surface area (Å²) in [5.41, 5.74) is 0.223. The third-order valence-electron chi connectivity index (χ3n) is 4.74. The lowest BCUT2D eigenvalue weighted by Gasteiger charge is -2.37. The van der Waals surface area contributed by atoms with E-state index in [2.05, 4.69) is 16.8 Å². The molecule has 7 heteroatoms. The van der Waals surface area contributed by atoms with Gasteiger partial charge in [0, 0.05) is 44.3 Å². The van der Waals surface area contributed by atoms with E-state index < -0.39 is 6.10 Å². The molecule has 1 amide bonds. The van der Waals surface area contributed by atoms with Crippen LogP contribution in [-0.4, -0.2) is 89.3 Å². The van der Waals surface area contributed by atoms with Crippen LogP contribution in [0.25, 0.3) is 0 Å². The molecule has 2 fully saturated rings. The quantitative estimate of drug-likeness (QED) is 0.820. The number of carbonyl (C=O) groups is 1. The van der Waals surface area contributed by atoms with Crippen LogP contribution in [0.3, 0.4) is 0 Å². The lowest BCUT2D eigenvalue weighted by atomic mass is 10.1. The smallest absolute Gasteiger partial charge is 0.257 e. The lowest BCUT2D eigenvalue weighted by Crippen LogP contribution is -2.52. The normalized spacial score (nSPS) is 26.7. The Labute approximate surface area is 140 Å². The van der Waals surface area contributed by atoms with E-state index >= 15 is 0 Å². The predicted molar refractivity (Wildman–Crippen MR) is 87.9 cm³/mol. The summed E-state index contributed by atoms with van der Waals surface area (Å²) < 4.78 is 0. The number of nitrogens with zero attached hydrogens (tertiary/aromatic N) is 3. The van der Waals surface area contributed by atoms with E-state index in [1.807, 2.05) is 0 Å². The van der Waals surface area contributed by atoms with Crippen molar-refractivity contribution >= 4 is 17.5 Å². The van der Waals surface area contributed by atoms with Crippen LogP contribution < -0.4 is 0 Å². The Morgan fingerprint density at radius 3 is 2.57 bits per heavy atom. The topological polar surface area (TPSA) is 67.2 Å². The highest BCUT2D eigenvalue weighted by molar-refractivity contribution is 6.30. The summed E-state index contributed by atoms with van der Waals surface area (Å²) in [5, 5.41) is 20.7. The summed E-state index contributed by atoms with van der Waals surface area (Å²) in [7, 11) is 2.08. The molecule has 0 radical (unpaired) electrons. The number of piperazine rings is 1. The Kier molecular flexibility index (Phi) is 4.77. The molecule has 126 valence electrons. The van der Waals surface area contributed by atoms with Gasteiger partial charge in [-0.05, 0) is 25.2 Å². The van der Waals surface area contributed by atoms with Gasteiger partial charge in [0.2, 0.25) is 0 Å². The molecule has 2 atom stereocenters. The second kappa shape index (κ2) is 6.65. The minimum Gasteiger partial charge on any atom is -0.507 e. The van der Waals surface area contributed by atoms with Crippen molar-refractivity contribution in [3.63, 3.8) is 0 Å². The molecule has 2 N–H and O–H groups in total. The molecule has 2 saturated heterocycles. The first kappa shape index (κ1) is 16.5. The third-order valence-corrected chi connectivity index (χ3v) is 4.98. The van der Waals surface area contributed by atoms with Crippen LogP contribution in [0, 0.1) is 0 Å². The lowest BCUT2D eigenvalue weighted by molar-refractivity contribution is 0.0512. The highest BCUT2D eigenvalue weighted by atomic mass is 35.5. The summed E-state index contributed by atoms with van der Waals surface area (Å²) in [6, 6.07) is 4.43. The standard InChI is InChI=1S/C16H22ClN3O3/c1-18-4-6-19(7-5-18)13-9-20(10-15(13)22)16(23)12-3-2-11(17)8-14(12)21/h2-3,8,13,15,21-22H,4-7,9-10H2,1H3/t13-,15-/m0/s1. The fraction of sp³-hybridized carbons (Fsp3) is 0.562. The zero-order valence-electron chi connectivity index (χ0n) is 13.2. The second-order valence-corrected chi connectivity index (χ2v) is 6.78. The summed E-state index contributed by atoms with van der Waals surface area (Å²) in [4.78, 5) is 18.7. The van der Waals surface area contributed by atoms with Gasteiger partial charge in [0.15, 0.2) is 0 Å². The van der Waals surface area contributed by atoms with Crippen molar-refractivity contribution < 1.29 is 15.0 Å². The Morgan fingerprint density at radius 1 is 1.22 bits per heavy atom. The predicted octanol–water partition coefficient (Wildman–Crippen LogP) is 0.478. The number of phenolic OH excluding ortho intramolecular Hbond substituents is 1. The number of likely N-dealkylation sites (tertiary alicyclic amines) is 1. The fourth-order valence-electron chi connectivity index (χ4n) is 3.30. The molecule has 23 heavy (non-hydrogen) atoms. The molecule has 0 bridgehead atoms. The van der Waals surface area contributed by atoms with E-state index in [1.54, 1.807) is 11.0 Å². The number of aliphatic hydroxyl groups is 1. The largest absolute Gasteiger partial charge is 0.507 e. The van der Waals surface area contributed by atoms with Crippen molar-refractivity contribution in [1.29, 1.82) is 0 Å².